The van der Waals surface area contributed by atoms with Gasteiger partial charge in [0, 0.05) is 5.56 Å². The van der Waals surface area contributed by atoms with E-state index < -0.39 is 5.97 Å². The maximum absolute atomic E-state index is 13.8. The number of furan rings is 1. The molecular formula is C22H15BrFNO5. The number of hydrogen-bond donors (Lipinski definition) is 0. The highest BCUT2D eigenvalue weighted by atomic mass is 79.9. The van der Waals surface area contributed by atoms with E-state index in [9.17, 15) is 9.18 Å². The molecule has 0 amide bonds. The summed E-state index contributed by atoms with van der Waals surface area (Å²) in [6.07, 6.45) is 3.03. The van der Waals surface area contributed by atoms with E-state index in [1.807, 2.05) is 0 Å². The molecule has 0 saturated carbocycles. The van der Waals surface area contributed by atoms with Crippen molar-refractivity contribution in [1.82, 2.24) is 0 Å². The van der Waals surface area contributed by atoms with Gasteiger partial charge in [-0.15, -0.1) is 0 Å². The number of cyclic esters (lactones) is 1. The lowest BCUT2D eigenvalue weighted by atomic mass is 10.1. The molecule has 30 heavy (non-hydrogen) atoms. The smallest absolute Gasteiger partial charge is 0.363 e. The van der Waals surface area contributed by atoms with Gasteiger partial charge in [-0.3, -0.25) is 0 Å². The van der Waals surface area contributed by atoms with E-state index in [0.29, 0.717) is 32.9 Å². The Hall–Kier alpha value is -3.39. The van der Waals surface area contributed by atoms with Gasteiger partial charge in [-0.05, 0) is 57.9 Å². The molecule has 6 nitrogen and oxygen atoms in total. The number of aliphatic imine (C=N–C) groups is 1. The Balaban J connectivity index is 1.60. The fourth-order valence-electron chi connectivity index (χ4n) is 2.80. The van der Waals surface area contributed by atoms with Crippen molar-refractivity contribution in [2.24, 2.45) is 4.99 Å². The highest BCUT2D eigenvalue weighted by Crippen LogP contribution is 2.38. The van der Waals surface area contributed by atoms with E-state index in [1.165, 1.54) is 19.4 Å². The van der Waals surface area contributed by atoms with Crippen molar-refractivity contribution in [2.75, 3.05) is 7.11 Å². The Bertz CT molecular complexity index is 1150. The van der Waals surface area contributed by atoms with Crippen LogP contribution >= 0.6 is 15.9 Å². The van der Waals surface area contributed by atoms with Crippen LogP contribution in [0.3, 0.4) is 0 Å². The van der Waals surface area contributed by atoms with Gasteiger partial charge in [0.05, 0.1) is 17.8 Å². The third-order valence-corrected chi connectivity index (χ3v) is 4.83. The average molecular weight is 472 g/mol. The number of carbonyl (C=O) groups excluding carboxylic acids is 1. The molecule has 0 saturated heterocycles. The molecule has 0 aliphatic carbocycles. The second-order valence-electron chi connectivity index (χ2n) is 6.23. The molecule has 0 unspecified atom stereocenters. The van der Waals surface area contributed by atoms with Crippen LogP contribution in [0.1, 0.15) is 16.9 Å². The molecule has 0 spiro atoms. The summed E-state index contributed by atoms with van der Waals surface area (Å²) in [5, 5.41) is 0. The van der Waals surface area contributed by atoms with Gasteiger partial charge in [-0.25, -0.2) is 14.2 Å². The molecule has 0 N–H and O–H groups in total. The van der Waals surface area contributed by atoms with E-state index in [4.69, 9.17) is 18.6 Å². The standard InChI is InChI=1S/C22H15BrFNO5/c1-27-19-11-13(10-17-22(26)30-21(25-17)18-7-4-8-28-18)9-15(23)20(19)29-12-14-5-2-3-6-16(14)24/h2-11H,12H2,1H3/b17-10-. The third kappa shape index (κ3) is 4.13. The Labute approximate surface area is 179 Å². The van der Waals surface area contributed by atoms with Crippen LogP contribution in [-0.4, -0.2) is 19.0 Å². The van der Waals surface area contributed by atoms with Crippen molar-refractivity contribution in [2.45, 2.75) is 6.61 Å². The molecule has 3 aromatic rings. The largest absolute Gasteiger partial charge is 0.493 e. The Morgan fingerprint density at radius 1 is 1.20 bits per heavy atom. The normalized spacial score (nSPS) is 14.6. The molecule has 0 atom stereocenters. The number of ether oxygens (including phenoxy) is 3. The monoisotopic (exact) mass is 471 g/mol. The number of hydrogen-bond acceptors (Lipinski definition) is 6. The average Bonchev–Trinajstić information content (AvgIpc) is 3.38. The first-order valence-electron chi connectivity index (χ1n) is 8.85. The Morgan fingerprint density at radius 3 is 2.77 bits per heavy atom. The van der Waals surface area contributed by atoms with Crippen molar-refractivity contribution < 1.29 is 27.8 Å². The number of rotatable bonds is 6. The second-order valence-corrected chi connectivity index (χ2v) is 7.08. The Kier molecular flexibility index (Phi) is 5.67. The maximum Gasteiger partial charge on any atom is 0.363 e. The van der Waals surface area contributed by atoms with Crippen LogP contribution < -0.4 is 9.47 Å². The predicted octanol–water partition coefficient (Wildman–Crippen LogP) is 5.11. The lowest BCUT2D eigenvalue weighted by Gasteiger charge is -2.14. The maximum atomic E-state index is 13.8. The van der Waals surface area contributed by atoms with E-state index in [-0.39, 0.29) is 24.0 Å². The molecule has 1 aromatic heterocycles. The molecule has 4 rings (SSSR count). The molecular weight excluding hydrogens is 457 g/mol. The van der Waals surface area contributed by atoms with Gasteiger partial charge in [0.1, 0.15) is 12.4 Å². The van der Waals surface area contributed by atoms with Crippen LogP contribution in [0.25, 0.3) is 6.08 Å². The van der Waals surface area contributed by atoms with Crippen LogP contribution in [-0.2, 0) is 16.1 Å². The van der Waals surface area contributed by atoms with Gasteiger partial charge in [-0.2, -0.15) is 0 Å². The molecule has 0 fully saturated rings. The minimum absolute atomic E-state index is 0.0329. The Morgan fingerprint density at radius 2 is 2.03 bits per heavy atom. The number of methoxy groups -OCH3 is 1. The number of carbonyl (C=O) groups is 1. The van der Waals surface area contributed by atoms with Crippen molar-refractivity contribution in [3.8, 4) is 11.5 Å². The number of halogens is 2. The second kappa shape index (κ2) is 8.54. The summed E-state index contributed by atoms with van der Waals surface area (Å²) in [5.74, 6) is 0.357. The summed E-state index contributed by atoms with van der Waals surface area (Å²) in [5.41, 5.74) is 1.18. The zero-order chi connectivity index (χ0) is 21.1. The highest BCUT2D eigenvalue weighted by Gasteiger charge is 2.26. The third-order valence-electron chi connectivity index (χ3n) is 4.24. The summed E-state index contributed by atoms with van der Waals surface area (Å²) >= 11 is 3.44. The summed E-state index contributed by atoms with van der Waals surface area (Å²) in [6.45, 7) is 0.0329. The van der Waals surface area contributed by atoms with Crippen LogP contribution in [0.5, 0.6) is 11.5 Å². The van der Waals surface area contributed by atoms with E-state index in [1.54, 1.807) is 48.5 Å². The molecule has 152 valence electrons. The fourth-order valence-corrected chi connectivity index (χ4v) is 3.38. The molecule has 1 aliphatic heterocycles. The molecule has 1 aliphatic rings. The zero-order valence-electron chi connectivity index (χ0n) is 15.7. The first-order chi connectivity index (χ1) is 14.5. The van der Waals surface area contributed by atoms with Gasteiger partial charge >= 0.3 is 5.97 Å². The van der Waals surface area contributed by atoms with Crippen LogP contribution in [0.4, 0.5) is 4.39 Å². The SMILES string of the molecule is COc1cc(/C=C2\N=C(c3ccco3)OC2=O)cc(Br)c1OCc1ccccc1F. The molecule has 8 heteroatoms. The minimum Gasteiger partial charge on any atom is -0.493 e. The first-order valence-corrected chi connectivity index (χ1v) is 9.64. The quantitative estimate of drug-likeness (QED) is 0.368. The van der Waals surface area contributed by atoms with Gasteiger partial charge in [0.25, 0.3) is 5.90 Å². The molecule has 2 heterocycles. The van der Waals surface area contributed by atoms with Gasteiger partial charge in [-0.1, -0.05) is 18.2 Å². The summed E-state index contributed by atoms with van der Waals surface area (Å²) in [6, 6.07) is 13.1. The van der Waals surface area contributed by atoms with Gasteiger partial charge in [0.15, 0.2) is 23.0 Å². The fraction of sp³-hybridized carbons (Fsp3) is 0.0909. The number of benzene rings is 2. The van der Waals surface area contributed by atoms with Crippen molar-refractivity contribution in [3.63, 3.8) is 0 Å². The molecule has 0 radical (unpaired) electrons. The van der Waals surface area contributed by atoms with Crippen LogP contribution in [0.15, 0.2) is 74.4 Å². The van der Waals surface area contributed by atoms with Crippen LogP contribution in [0.2, 0.25) is 0 Å². The van der Waals surface area contributed by atoms with Crippen molar-refractivity contribution >= 4 is 33.9 Å². The van der Waals surface area contributed by atoms with Gasteiger partial charge < -0.3 is 18.6 Å². The first kappa shape index (κ1) is 19.9. The van der Waals surface area contributed by atoms with Gasteiger partial charge in [0.2, 0.25) is 0 Å². The van der Waals surface area contributed by atoms with Crippen molar-refractivity contribution in [1.29, 1.82) is 0 Å². The lowest BCUT2D eigenvalue weighted by molar-refractivity contribution is -0.130. The highest BCUT2D eigenvalue weighted by molar-refractivity contribution is 9.10. The summed E-state index contributed by atoms with van der Waals surface area (Å²) in [7, 11) is 1.49. The molecule has 2 aromatic carbocycles. The van der Waals surface area contributed by atoms with E-state index in [0.717, 1.165) is 0 Å². The van der Waals surface area contributed by atoms with E-state index >= 15 is 0 Å². The minimum atomic E-state index is -0.587. The van der Waals surface area contributed by atoms with Crippen molar-refractivity contribution in [3.05, 3.63) is 87.7 Å². The lowest BCUT2D eigenvalue weighted by Crippen LogP contribution is -2.04. The summed E-state index contributed by atoms with van der Waals surface area (Å²) < 4.78 is 36.0. The van der Waals surface area contributed by atoms with Crippen LogP contribution in [0, 0.1) is 5.82 Å². The summed E-state index contributed by atoms with van der Waals surface area (Å²) in [4.78, 5) is 16.3. The number of nitrogens with zero attached hydrogens (tertiary/aromatic N) is 1. The molecule has 0 bridgehead atoms. The predicted molar refractivity (Wildman–Crippen MR) is 111 cm³/mol. The number of esters is 1. The topological polar surface area (TPSA) is 70.3 Å². The van der Waals surface area contributed by atoms with E-state index in [2.05, 4.69) is 20.9 Å². The zero-order valence-corrected chi connectivity index (χ0v) is 17.3.